The number of benzene rings is 2. The summed E-state index contributed by atoms with van der Waals surface area (Å²) in [6, 6.07) is 12.8. The standard InChI is InChI=1S/C20H20ClN3O4/c1-13(2)27-17-9-8-14(10-18(17)25-3)11-22-26-12-19-23-20(24-28-19)15-6-4-5-7-16(15)21/h4-11,13H,12H2,1-3H3/b22-11-. The van der Waals surface area contributed by atoms with Crippen LogP contribution in [0, 0.1) is 0 Å². The second-order valence-electron chi connectivity index (χ2n) is 6.08. The summed E-state index contributed by atoms with van der Waals surface area (Å²) in [4.78, 5) is 9.49. The first-order valence-corrected chi connectivity index (χ1v) is 9.02. The molecule has 0 saturated heterocycles. The first kappa shape index (κ1) is 19.7. The molecule has 1 heterocycles. The van der Waals surface area contributed by atoms with E-state index in [2.05, 4.69) is 15.3 Å². The number of ether oxygens (including phenoxy) is 2. The number of nitrogens with zero attached hydrogens (tertiary/aromatic N) is 3. The zero-order chi connectivity index (χ0) is 19.9. The average molecular weight is 402 g/mol. The van der Waals surface area contributed by atoms with E-state index in [1.165, 1.54) is 0 Å². The molecule has 0 aliphatic heterocycles. The van der Waals surface area contributed by atoms with Gasteiger partial charge in [0.25, 0.3) is 5.89 Å². The first-order valence-electron chi connectivity index (χ1n) is 8.64. The van der Waals surface area contributed by atoms with Crippen LogP contribution in [0.4, 0.5) is 0 Å². The lowest BCUT2D eigenvalue weighted by Crippen LogP contribution is -2.06. The Labute approximate surface area is 167 Å². The molecule has 0 bridgehead atoms. The predicted octanol–water partition coefficient (Wildman–Crippen LogP) is 4.74. The Morgan fingerprint density at radius 3 is 2.75 bits per heavy atom. The van der Waals surface area contributed by atoms with Crippen LogP contribution in [0.15, 0.2) is 52.1 Å². The molecule has 0 amide bonds. The Kier molecular flexibility index (Phi) is 6.49. The number of methoxy groups -OCH3 is 1. The van der Waals surface area contributed by atoms with Gasteiger partial charge in [-0.05, 0) is 44.2 Å². The van der Waals surface area contributed by atoms with Gasteiger partial charge in [0, 0.05) is 11.1 Å². The number of hydrogen-bond acceptors (Lipinski definition) is 7. The van der Waals surface area contributed by atoms with Crippen LogP contribution in [0.5, 0.6) is 11.5 Å². The number of rotatable bonds is 8. The minimum Gasteiger partial charge on any atom is -0.493 e. The van der Waals surface area contributed by atoms with Gasteiger partial charge in [-0.3, -0.25) is 0 Å². The van der Waals surface area contributed by atoms with E-state index in [1.54, 1.807) is 19.4 Å². The van der Waals surface area contributed by atoms with Gasteiger partial charge in [0.05, 0.1) is 24.5 Å². The fourth-order valence-corrected chi connectivity index (χ4v) is 2.59. The minimum absolute atomic E-state index is 0.0413. The summed E-state index contributed by atoms with van der Waals surface area (Å²) >= 11 is 6.13. The van der Waals surface area contributed by atoms with Gasteiger partial charge in [-0.15, -0.1) is 0 Å². The van der Waals surface area contributed by atoms with Crippen LogP contribution in [0.2, 0.25) is 5.02 Å². The highest BCUT2D eigenvalue weighted by molar-refractivity contribution is 6.33. The molecule has 28 heavy (non-hydrogen) atoms. The van der Waals surface area contributed by atoms with Crippen molar-refractivity contribution < 1.29 is 18.8 Å². The van der Waals surface area contributed by atoms with Crippen LogP contribution < -0.4 is 9.47 Å². The quantitative estimate of drug-likeness (QED) is 0.401. The Balaban J connectivity index is 1.59. The lowest BCUT2D eigenvalue weighted by Gasteiger charge is -2.13. The van der Waals surface area contributed by atoms with Crippen molar-refractivity contribution in [1.29, 1.82) is 0 Å². The van der Waals surface area contributed by atoms with Crippen molar-refractivity contribution in [3.63, 3.8) is 0 Å². The van der Waals surface area contributed by atoms with Crippen molar-refractivity contribution in [2.75, 3.05) is 7.11 Å². The van der Waals surface area contributed by atoms with E-state index in [0.29, 0.717) is 33.8 Å². The van der Waals surface area contributed by atoms with E-state index in [4.69, 9.17) is 30.4 Å². The van der Waals surface area contributed by atoms with Crippen LogP contribution >= 0.6 is 11.6 Å². The molecule has 0 atom stereocenters. The van der Waals surface area contributed by atoms with Crippen LogP contribution in [0.3, 0.4) is 0 Å². The summed E-state index contributed by atoms with van der Waals surface area (Å²) in [5.41, 5.74) is 1.49. The van der Waals surface area contributed by atoms with Crippen molar-refractivity contribution in [2.45, 2.75) is 26.6 Å². The second kappa shape index (κ2) is 9.23. The molecule has 0 radical (unpaired) electrons. The Morgan fingerprint density at radius 2 is 2.00 bits per heavy atom. The van der Waals surface area contributed by atoms with Gasteiger partial charge in [0.15, 0.2) is 18.1 Å². The predicted molar refractivity (Wildman–Crippen MR) is 106 cm³/mol. The Hall–Kier alpha value is -3.06. The topological polar surface area (TPSA) is 79.0 Å². The molecule has 146 valence electrons. The maximum atomic E-state index is 6.13. The number of oxime groups is 1. The van der Waals surface area contributed by atoms with Gasteiger partial charge < -0.3 is 18.8 Å². The molecule has 0 fully saturated rings. The monoisotopic (exact) mass is 401 g/mol. The fraction of sp³-hybridized carbons (Fsp3) is 0.250. The van der Waals surface area contributed by atoms with E-state index in [0.717, 1.165) is 5.56 Å². The zero-order valence-corrected chi connectivity index (χ0v) is 16.5. The van der Waals surface area contributed by atoms with Crippen LogP contribution in [0.25, 0.3) is 11.4 Å². The van der Waals surface area contributed by atoms with Crippen LogP contribution in [-0.2, 0) is 11.4 Å². The zero-order valence-electron chi connectivity index (χ0n) is 15.8. The highest BCUT2D eigenvalue weighted by atomic mass is 35.5. The molecular formula is C20H20ClN3O4. The van der Waals surface area contributed by atoms with Gasteiger partial charge >= 0.3 is 0 Å². The third-order valence-corrected chi connectivity index (χ3v) is 3.93. The number of aromatic nitrogens is 2. The van der Waals surface area contributed by atoms with Crippen molar-refractivity contribution in [3.8, 4) is 22.9 Å². The summed E-state index contributed by atoms with van der Waals surface area (Å²) in [6.45, 7) is 3.95. The van der Waals surface area contributed by atoms with Crippen molar-refractivity contribution in [2.24, 2.45) is 5.16 Å². The van der Waals surface area contributed by atoms with Crippen molar-refractivity contribution in [3.05, 3.63) is 58.9 Å². The summed E-state index contributed by atoms with van der Waals surface area (Å²) in [5, 5.41) is 8.38. The number of hydrogen-bond donors (Lipinski definition) is 0. The molecule has 2 aromatic carbocycles. The van der Waals surface area contributed by atoms with Crippen LogP contribution in [-0.4, -0.2) is 29.6 Å². The second-order valence-corrected chi connectivity index (χ2v) is 6.48. The molecular weight excluding hydrogens is 382 g/mol. The molecule has 7 nitrogen and oxygen atoms in total. The largest absolute Gasteiger partial charge is 0.493 e. The maximum absolute atomic E-state index is 6.13. The molecule has 8 heteroatoms. The highest BCUT2D eigenvalue weighted by Crippen LogP contribution is 2.28. The third-order valence-electron chi connectivity index (χ3n) is 3.60. The van der Waals surface area contributed by atoms with E-state index in [-0.39, 0.29) is 12.7 Å². The smallest absolute Gasteiger partial charge is 0.267 e. The summed E-state index contributed by atoms with van der Waals surface area (Å²) < 4.78 is 16.2. The van der Waals surface area contributed by atoms with Gasteiger partial charge in [-0.2, -0.15) is 4.98 Å². The van der Waals surface area contributed by atoms with Gasteiger partial charge in [-0.1, -0.05) is 34.0 Å². The van der Waals surface area contributed by atoms with Crippen molar-refractivity contribution in [1.82, 2.24) is 10.1 Å². The van der Waals surface area contributed by atoms with Gasteiger partial charge in [0.2, 0.25) is 5.82 Å². The molecule has 0 aliphatic rings. The van der Waals surface area contributed by atoms with E-state index in [9.17, 15) is 0 Å². The Morgan fingerprint density at radius 1 is 1.18 bits per heavy atom. The van der Waals surface area contributed by atoms with Gasteiger partial charge in [0.1, 0.15) is 0 Å². The summed E-state index contributed by atoms with van der Waals surface area (Å²) in [6.07, 6.45) is 1.62. The molecule has 0 aliphatic carbocycles. The molecule has 3 rings (SSSR count). The minimum atomic E-state index is 0.0413. The lowest BCUT2D eigenvalue weighted by molar-refractivity contribution is 0.107. The lowest BCUT2D eigenvalue weighted by atomic mass is 10.2. The van der Waals surface area contributed by atoms with Crippen molar-refractivity contribution >= 4 is 17.8 Å². The number of halogens is 1. The van der Waals surface area contributed by atoms with E-state index >= 15 is 0 Å². The van der Waals surface area contributed by atoms with E-state index < -0.39 is 0 Å². The first-order chi connectivity index (χ1) is 13.6. The molecule has 3 aromatic rings. The average Bonchev–Trinajstić information content (AvgIpc) is 3.15. The third kappa shape index (κ3) is 5.01. The molecule has 0 N–H and O–H groups in total. The molecule has 1 aromatic heterocycles. The molecule has 0 spiro atoms. The summed E-state index contributed by atoms with van der Waals surface area (Å²) in [5.74, 6) is 2.00. The SMILES string of the molecule is COc1cc(/C=N\OCc2nc(-c3ccccc3Cl)no2)ccc1OC(C)C. The Bertz CT molecular complexity index is 956. The normalized spacial score (nSPS) is 11.2. The fourth-order valence-electron chi connectivity index (χ4n) is 2.37. The maximum Gasteiger partial charge on any atom is 0.267 e. The highest BCUT2D eigenvalue weighted by Gasteiger charge is 2.11. The summed E-state index contributed by atoms with van der Waals surface area (Å²) in [7, 11) is 1.59. The van der Waals surface area contributed by atoms with Gasteiger partial charge in [-0.25, -0.2) is 0 Å². The molecule has 0 saturated carbocycles. The van der Waals surface area contributed by atoms with Crippen LogP contribution in [0.1, 0.15) is 25.3 Å². The van der Waals surface area contributed by atoms with E-state index in [1.807, 2.05) is 50.2 Å². The molecule has 0 unspecified atom stereocenters.